The number of nitrogens with one attached hydrogen (secondary N) is 1. The van der Waals surface area contributed by atoms with Gasteiger partial charge < -0.3 is 4.74 Å². The maximum atomic E-state index is 11.9. The highest BCUT2D eigenvalue weighted by atomic mass is 32.1. The van der Waals surface area contributed by atoms with Gasteiger partial charge in [0, 0.05) is 12.0 Å². The molecule has 0 saturated heterocycles. The molecule has 1 aliphatic carbocycles. The highest BCUT2D eigenvalue weighted by molar-refractivity contribution is 7.10. The second-order valence-electron chi connectivity index (χ2n) is 4.05. The van der Waals surface area contributed by atoms with E-state index in [-0.39, 0.29) is 11.8 Å². The SMILES string of the molecule is COCCONC(=O)C1CCCc2sccc21. The van der Waals surface area contributed by atoms with Gasteiger partial charge >= 0.3 is 0 Å². The van der Waals surface area contributed by atoms with E-state index in [2.05, 4.69) is 16.9 Å². The number of carbonyl (C=O) groups is 1. The van der Waals surface area contributed by atoms with E-state index in [1.807, 2.05) is 0 Å². The Morgan fingerprint density at radius 1 is 1.59 bits per heavy atom. The van der Waals surface area contributed by atoms with Gasteiger partial charge in [0.25, 0.3) is 5.91 Å². The van der Waals surface area contributed by atoms with Crippen LogP contribution >= 0.6 is 11.3 Å². The summed E-state index contributed by atoms with van der Waals surface area (Å²) < 4.78 is 4.84. The molecule has 1 N–H and O–H groups in total. The smallest absolute Gasteiger partial charge is 0.251 e. The maximum Gasteiger partial charge on any atom is 0.251 e. The molecule has 1 heterocycles. The van der Waals surface area contributed by atoms with E-state index in [1.54, 1.807) is 18.4 Å². The van der Waals surface area contributed by atoms with Crippen molar-refractivity contribution in [3.63, 3.8) is 0 Å². The molecule has 0 spiro atoms. The minimum absolute atomic E-state index is 0.0412. The molecule has 94 valence electrons. The molecular formula is C12H17NO3S. The molecule has 0 fully saturated rings. The van der Waals surface area contributed by atoms with Crippen LogP contribution in [0, 0.1) is 0 Å². The average molecular weight is 255 g/mol. The minimum Gasteiger partial charge on any atom is -0.382 e. The van der Waals surface area contributed by atoms with Gasteiger partial charge in [0.15, 0.2) is 0 Å². The van der Waals surface area contributed by atoms with Gasteiger partial charge in [-0.2, -0.15) is 0 Å². The quantitative estimate of drug-likeness (QED) is 0.645. The zero-order valence-electron chi connectivity index (χ0n) is 9.90. The molecule has 2 rings (SSSR count). The number of hydrogen-bond acceptors (Lipinski definition) is 4. The van der Waals surface area contributed by atoms with Crippen LogP contribution in [0.4, 0.5) is 0 Å². The molecule has 5 heteroatoms. The van der Waals surface area contributed by atoms with E-state index in [0.29, 0.717) is 13.2 Å². The molecule has 0 radical (unpaired) electrons. The van der Waals surface area contributed by atoms with Gasteiger partial charge in [-0.3, -0.25) is 9.63 Å². The molecule has 1 atom stereocenters. The number of carbonyl (C=O) groups excluding carboxylic acids is 1. The molecule has 0 aromatic carbocycles. The van der Waals surface area contributed by atoms with E-state index in [9.17, 15) is 4.79 Å². The predicted octanol–water partition coefficient (Wildman–Crippen LogP) is 1.86. The topological polar surface area (TPSA) is 47.6 Å². The molecule has 1 unspecified atom stereocenters. The third-order valence-electron chi connectivity index (χ3n) is 2.93. The Balaban J connectivity index is 1.89. The van der Waals surface area contributed by atoms with Gasteiger partial charge in [-0.25, -0.2) is 5.48 Å². The van der Waals surface area contributed by atoms with Crippen molar-refractivity contribution in [3.8, 4) is 0 Å². The predicted molar refractivity (Wildman–Crippen MR) is 66.0 cm³/mol. The summed E-state index contributed by atoms with van der Waals surface area (Å²) in [6.45, 7) is 0.861. The molecule has 0 saturated carbocycles. The van der Waals surface area contributed by atoms with Gasteiger partial charge in [-0.05, 0) is 36.3 Å². The van der Waals surface area contributed by atoms with Crippen molar-refractivity contribution in [3.05, 3.63) is 21.9 Å². The normalized spacial score (nSPS) is 18.8. The van der Waals surface area contributed by atoms with Gasteiger partial charge in [0.2, 0.25) is 0 Å². The fraction of sp³-hybridized carbons (Fsp3) is 0.583. The number of hydrogen-bond donors (Lipinski definition) is 1. The lowest BCUT2D eigenvalue weighted by molar-refractivity contribution is -0.136. The van der Waals surface area contributed by atoms with Crippen molar-refractivity contribution in [2.75, 3.05) is 20.3 Å². The summed E-state index contributed by atoms with van der Waals surface area (Å²) in [4.78, 5) is 18.4. The van der Waals surface area contributed by atoms with Crippen molar-refractivity contribution < 1.29 is 14.4 Å². The summed E-state index contributed by atoms with van der Waals surface area (Å²) >= 11 is 1.74. The molecule has 1 aromatic rings. The van der Waals surface area contributed by atoms with Gasteiger partial charge in [-0.1, -0.05) is 0 Å². The average Bonchev–Trinajstić information content (AvgIpc) is 2.82. The van der Waals surface area contributed by atoms with Gasteiger partial charge in [0.05, 0.1) is 19.1 Å². The van der Waals surface area contributed by atoms with Crippen LogP contribution in [0.25, 0.3) is 0 Å². The van der Waals surface area contributed by atoms with Crippen LogP contribution in [0.3, 0.4) is 0 Å². The van der Waals surface area contributed by atoms with Crippen LogP contribution in [0.2, 0.25) is 0 Å². The highest BCUT2D eigenvalue weighted by Gasteiger charge is 2.27. The Morgan fingerprint density at radius 3 is 3.29 bits per heavy atom. The lowest BCUT2D eigenvalue weighted by Gasteiger charge is -2.21. The number of thiophene rings is 1. The van der Waals surface area contributed by atoms with Crippen LogP contribution in [0.5, 0.6) is 0 Å². The van der Waals surface area contributed by atoms with Crippen molar-refractivity contribution in [2.24, 2.45) is 0 Å². The Morgan fingerprint density at radius 2 is 2.47 bits per heavy atom. The zero-order valence-corrected chi connectivity index (χ0v) is 10.7. The first-order valence-electron chi connectivity index (χ1n) is 5.79. The van der Waals surface area contributed by atoms with E-state index >= 15 is 0 Å². The second-order valence-corrected chi connectivity index (χ2v) is 5.05. The summed E-state index contributed by atoms with van der Waals surface area (Å²) in [5, 5.41) is 2.06. The first-order valence-corrected chi connectivity index (χ1v) is 6.67. The summed E-state index contributed by atoms with van der Waals surface area (Å²) in [7, 11) is 1.60. The number of fused-ring (bicyclic) bond motifs is 1. The third-order valence-corrected chi connectivity index (χ3v) is 3.93. The fourth-order valence-corrected chi connectivity index (χ4v) is 3.06. The second kappa shape index (κ2) is 6.14. The Bertz CT molecular complexity index is 378. The first kappa shape index (κ1) is 12.5. The van der Waals surface area contributed by atoms with Crippen LogP contribution in [-0.4, -0.2) is 26.2 Å². The largest absolute Gasteiger partial charge is 0.382 e. The van der Waals surface area contributed by atoms with E-state index in [1.165, 1.54) is 10.4 Å². The molecule has 0 aliphatic heterocycles. The standard InChI is InChI=1S/C12H17NO3S/c1-15-6-7-16-13-12(14)10-3-2-4-11-9(10)5-8-17-11/h5,8,10H,2-4,6-7H2,1H3,(H,13,14). The van der Waals surface area contributed by atoms with Crippen molar-refractivity contribution in [1.29, 1.82) is 0 Å². The molecule has 1 aromatic heterocycles. The van der Waals surface area contributed by atoms with Crippen molar-refractivity contribution >= 4 is 17.2 Å². The van der Waals surface area contributed by atoms with Crippen LogP contribution < -0.4 is 5.48 Å². The Kier molecular flexibility index (Phi) is 4.53. The van der Waals surface area contributed by atoms with Crippen LogP contribution in [-0.2, 0) is 20.8 Å². The third kappa shape index (κ3) is 3.06. The lowest BCUT2D eigenvalue weighted by Crippen LogP contribution is -2.32. The molecule has 1 amide bonds. The Hall–Kier alpha value is -0.910. The molecular weight excluding hydrogens is 238 g/mol. The monoisotopic (exact) mass is 255 g/mol. The number of amides is 1. The van der Waals surface area contributed by atoms with Crippen LogP contribution in [0.15, 0.2) is 11.4 Å². The first-order chi connectivity index (χ1) is 8.33. The lowest BCUT2D eigenvalue weighted by atomic mass is 9.87. The van der Waals surface area contributed by atoms with Gasteiger partial charge in [0.1, 0.15) is 0 Å². The number of ether oxygens (including phenoxy) is 1. The zero-order chi connectivity index (χ0) is 12.1. The minimum atomic E-state index is -0.0486. The maximum absolute atomic E-state index is 11.9. The number of hydroxylamine groups is 1. The highest BCUT2D eigenvalue weighted by Crippen LogP contribution is 2.34. The number of methoxy groups -OCH3 is 1. The van der Waals surface area contributed by atoms with E-state index < -0.39 is 0 Å². The van der Waals surface area contributed by atoms with E-state index in [0.717, 1.165) is 19.3 Å². The van der Waals surface area contributed by atoms with Crippen LogP contribution in [0.1, 0.15) is 29.2 Å². The number of rotatable bonds is 5. The van der Waals surface area contributed by atoms with Gasteiger partial charge in [-0.15, -0.1) is 11.3 Å². The summed E-state index contributed by atoms with van der Waals surface area (Å²) in [6.07, 6.45) is 3.08. The number of aryl methyl sites for hydroxylation is 1. The van der Waals surface area contributed by atoms with Crippen molar-refractivity contribution in [2.45, 2.75) is 25.2 Å². The summed E-state index contributed by atoms with van der Waals surface area (Å²) in [6, 6.07) is 2.05. The van der Waals surface area contributed by atoms with E-state index in [4.69, 9.17) is 9.57 Å². The summed E-state index contributed by atoms with van der Waals surface area (Å²) in [5.41, 5.74) is 3.68. The van der Waals surface area contributed by atoms with Crippen molar-refractivity contribution in [1.82, 2.24) is 5.48 Å². The summed E-state index contributed by atoms with van der Waals surface area (Å²) in [5.74, 6) is -0.0898. The fourth-order valence-electron chi connectivity index (χ4n) is 2.08. The Labute approximate surface area is 105 Å². The molecule has 4 nitrogen and oxygen atoms in total. The molecule has 17 heavy (non-hydrogen) atoms. The molecule has 1 aliphatic rings. The molecule has 0 bridgehead atoms.